The molecule has 2 aromatic heterocycles. The smallest absolute Gasteiger partial charge is 0.275 e. The van der Waals surface area contributed by atoms with Crippen molar-refractivity contribution in [1.82, 2.24) is 9.97 Å². The Balaban J connectivity index is 2.09. The second kappa shape index (κ2) is 6.65. The molecule has 0 bridgehead atoms. The Hall–Kier alpha value is -2.43. The molecule has 0 radical (unpaired) electrons. The first-order valence-electron chi connectivity index (χ1n) is 6.64. The monoisotopic (exact) mass is 270 g/mol. The van der Waals surface area contributed by atoms with Gasteiger partial charge in [0.1, 0.15) is 11.5 Å². The van der Waals surface area contributed by atoms with Crippen molar-refractivity contribution in [3.8, 4) is 0 Å². The summed E-state index contributed by atoms with van der Waals surface area (Å²) in [5.74, 6) is 0.270. The van der Waals surface area contributed by atoms with Gasteiger partial charge in [0.25, 0.3) is 5.91 Å². The van der Waals surface area contributed by atoms with Crippen LogP contribution in [-0.2, 0) is 0 Å². The van der Waals surface area contributed by atoms with E-state index in [0.717, 1.165) is 24.3 Å². The van der Waals surface area contributed by atoms with Crippen LogP contribution in [0.5, 0.6) is 0 Å². The average Bonchev–Trinajstić information content (AvgIpc) is 2.45. The third kappa shape index (κ3) is 3.78. The van der Waals surface area contributed by atoms with Gasteiger partial charge in [-0.05, 0) is 37.6 Å². The maximum Gasteiger partial charge on any atom is 0.275 e. The van der Waals surface area contributed by atoms with Crippen molar-refractivity contribution in [2.75, 3.05) is 17.2 Å². The Labute approximate surface area is 118 Å². The maximum atomic E-state index is 12.1. The minimum atomic E-state index is -0.261. The summed E-state index contributed by atoms with van der Waals surface area (Å²) in [4.78, 5) is 20.4. The Morgan fingerprint density at radius 1 is 1.30 bits per heavy atom. The molecule has 0 atom stereocenters. The van der Waals surface area contributed by atoms with Gasteiger partial charge in [0.05, 0.1) is 0 Å². The molecule has 5 heteroatoms. The molecule has 5 nitrogen and oxygen atoms in total. The molecule has 0 saturated heterocycles. The van der Waals surface area contributed by atoms with E-state index < -0.39 is 0 Å². The molecule has 104 valence electrons. The summed E-state index contributed by atoms with van der Waals surface area (Å²) in [6.45, 7) is 4.83. The summed E-state index contributed by atoms with van der Waals surface area (Å²) >= 11 is 0. The fraction of sp³-hybridized carbons (Fsp3) is 0.267. The van der Waals surface area contributed by atoms with E-state index in [9.17, 15) is 4.79 Å². The fourth-order valence-electron chi connectivity index (χ4n) is 1.73. The molecule has 1 amide bonds. The molecule has 2 aromatic rings. The minimum absolute atomic E-state index is 0.261. The topological polar surface area (TPSA) is 66.9 Å². The third-order valence-corrected chi connectivity index (χ3v) is 2.70. The number of amides is 1. The van der Waals surface area contributed by atoms with Crippen molar-refractivity contribution < 1.29 is 4.79 Å². The standard InChI is InChI=1S/C15H18N4O/c1-3-8-16-12-7-9-17-13(10-12)15(20)19-14-6-4-5-11(2)18-14/h4-7,9-10H,3,8H2,1-2H3,(H,16,17)(H,18,19,20). The zero-order valence-corrected chi connectivity index (χ0v) is 11.7. The molecular weight excluding hydrogens is 252 g/mol. The Morgan fingerprint density at radius 2 is 2.15 bits per heavy atom. The molecule has 20 heavy (non-hydrogen) atoms. The first-order valence-corrected chi connectivity index (χ1v) is 6.64. The predicted molar refractivity (Wildman–Crippen MR) is 79.9 cm³/mol. The number of nitrogens with one attached hydrogen (secondary N) is 2. The number of carbonyl (C=O) groups excluding carboxylic acids is 1. The molecule has 0 aliphatic heterocycles. The minimum Gasteiger partial charge on any atom is -0.385 e. The van der Waals surface area contributed by atoms with Crippen molar-refractivity contribution in [2.24, 2.45) is 0 Å². The molecule has 2 N–H and O–H groups in total. The normalized spacial score (nSPS) is 10.1. The summed E-state index contributed by atoms with van der Waals surface area (Å²) < 4.78 is 0. The summed E-state index contributed by atoms with van der Waals surface area (Å²) in [6, 6.07) is 9.07. The third-order valence-electron chi connectivity index (χ3n) is 2.70. The predicted octanol–water partition coefficient (Wildman–Crippen LogP) is 2.86. The van der Waals surface area contributed by atoms with Gasteiger partial charge in [0.2, 0.25) is 0 Å². The van der Waals surface area contributed by atoms with Crippen LogP contribution >= 0.6 is 0 Å². The highest BCUT2D eigenvalue weighted by molar-refractivity contribution is 6.02. The van der Waals surface area contributed by atoms with E-state index in [1.54, 1.807) is 18.3 Å². The van der Waals surface area contributed by atoms with Crippen molar-refractivity contribution in [1.29, 1.82) is 0 Å². The number of rotatable bonds is 5. The van der Waals surface area contributed by atoms with Crippen LogP contribution in [0.1, 0.15) is 29.5 Å². The van der Waals surface area contributed by atoms with Crippen LogP contribution in [0.15, 0.2) is 36.5 Å². The highest BCUT2D eigenvalue weighted by Gasteiger charge is 2.09. The van der Waals surface area contributed by atoms with Crippen LogP contribution in [0.2, 0.25) is 0 Å². The van der Waals surface area contributed by atoms with Crippen LogP contribution in [0.4, 0.5) is 11.5 Å². The first-order chi connectivity index (χ1) is 9.69. The zero-order chi connectivity index (χ0) is 14.4. The van der Waals surface area contributed by atoms with Crippen molar-refractivity contribution in [3.63, 3.8) is 0 Å². The summed E-state index contributed by atoms with van der Waals surface area (Å²) in [6.07, 6.45) is 2.65. The highest BCUT2D eigenvalue weighted by atomic mass is 16.1. The molecule has 2 heterocycles. The summed E-state index contributed by atoms with van der Waals surface area (Å²) in [5.41, 5.74) is 2.12. The van der Waals surface area contributed by atoms with Crippen LogP contribution < -0.4 is 10.6 Å². The number of pyridine rings is 2. The largest absolute Gasteiger partial charge is 0.385 e. The SMILES string of the molecule is CCCNc1ccnc(C(=O)Nc2cccc(C)n2)c1. The average molecular weight is 270 g/mol. The lowest BCUT2D eigenvalue weighted by molar-refractivity contribution is 0.102. The first kappa shape index (κ1) is 14.0. The van der Waals surface area contributed by atoms with Gasteiger partial charge in [-0.15, -0.1) is 0 Å². The number of hydrogen-bond acceptors (Lipinski definition) is 4. The van der Waals surface area contributed by atoms with Crippen molar-refractivity contribution in [3.05, 3.63) is 47.9 Å². The van der Waals surface area contributed by atoms with E-state index in [1.807, 2.05) is 25.1 Å². The molecule has 0 aliphatic rings. The van der Waals surface area contributed by atoms with Crippen LogP contribution in [-0.4, -0.2) is 22.4 Å². The molecule has 0 aliphatic carbocycles. The molecule has 0 saturated carbocycles. The quantitative estimate of drug-likeness (QED) is 0.876. The van der Waals surface area contributed by atoms with Gasteiger partial charge < -0.3 is 10.6 Å². The number of carbonyl (C=O) groups is 1. The lowest BCUT2D eigenvalue weighted by Crippen LogP contribution is -2.15. The van der Waals surface area contributed by atoms with Gasteiger partial charge >= 0.3 is 0 Å². The van der Waals surface area contributed by atoms with Gasteiger partial charge in [0, 0.05) is 24.1 Å². The number of aryl methyl sites for hydroxylation is 1. The Bertz CT molecular complexity index is 598. The fourth-order valence-corrected chi connectivity index (χ4v) is 1.73. The van der Waals surface area contributed by atoms with Gasteiger partial charge in [-0.3, -0.25) is 9.78 Å². The zero-order valence-electron chi connectivity index (χ0n) is 11.7. The van der Waals surface area contributed by atoms with Gasteiger partial charge in [-0.25, -0.2) is 4.98 Å². The lowest BCUT2D eigenvalue weighted by Gasteiger charge is -2.07. The van der Waals surface area contributed by atoms with Gasteiger partial charge in [-0.2, -0.15) is 0 Å². The summed E-state index contributed by atoms with van der Waals surface area (Å²) in [5, 5.41) is 5.97. The molecule has 0 spiro atoms. The molecule has 0 unspecified atom stereocenters. The molecular formula is C15H18N4O. The van der Waals surface area contributed by atoms with Crippen LogP contribution in [0, 0.1) is 6.92 Å². The van der Waals surface area contributed by atoms with Crippen LogP contribution in [0.25, 0.3) is 0 Å². The Kier molecular flexibility index (Phi) is 4.65. The lowest BCUT2D eigenvalue weighted by atomic mass is 10.3. The second-order valence-electron chi connectivity index (χ2n) is 4.47. The van der Waals surface area contributed by atoms with E-state index in [4.69, 9.17) is 0 Å². The van der Waals surface area contributed by atoms with E-state index in [0.29, 0.717) is 11.5 Å². The van der Waals surface area contributed by atoms with Crippen LogP contribution in [0.3, 0.4) is 0 Å². The number of hydrogen-bond donors (Lipinski definition) is 2. The van der Waals surface area contributed by atoms with E-state index in [1.165, 1.54) is 0 Å². The highest BCUT2D eigenvalue weighted by Crippen LogP contribution is 2.10. The molecule has 0 fully saturated rings. The molecule has 0 aromatic carbocycles. The van der Waals surface area contributed by atoms with E-state index in [2.05, 4.69) is 27.5 Å². The van der Waals surface area contributed by atoms with E-state index >= 15 is 0 Å². The Morgan fingerprint density at radius 3 is 2.90 bits per heavy atom. The van der Waals surface area contributed by atoms with Gasteiger partial charge in [-0.1, -0.05) is 13.0 Å². The second-order valence-corrected chi connectivity index (χ2v) is 4.47. The van der Waals surface area contributed by atoms with Gasteiger partial charge in [0.15, 0.2) is 0 Å². The molecule has 2 rings (SSSR count). The number of aromatic nitrogens is 2. The van der Waals surface area contributed by atoms with E-state index in [-0.39, 0.29) is 5.91 Å². The number of nitrogens with zero attached hydrogens (tertiary/aromatic N) is 2. The maximum absolute atomic E-state index is 12.1. The summed E-state index contributed by atoms with van der Waals surface area (Å²) in [7, 11) is 0. The van der Waals surface area contributed by atoms with Crippen molar-refractivity contribution in [2.45, 2.75) is 20.3 Å². The van der Waals surface area contributed by atoms with Crippen molar-refractivity contribution >= 4 is 17.4 Å². The number of anilines is 2.